The highest BCUT2D eigenvalue weighted by atomic mass is 79.9. The SMILES string of the molecule is C=CC[C@]1(C(=O)NNCCc2cccc(OC)c2)N=C(c2ccc(OCCCO)cc2)O[C@H]1c1ccc(Br)cc1. The summed E-state index contributed by atoms with van der Waals surface area (Å²) in [6.45, 7) is 4.92. The Morgan fingerprint density at radius 1 is 1.15 bits per heavy atom. The number of amides is 1. The van der Waals surface area contributed by atoms with Crippen molar-refractivity contribution in [1.29, 1.82) is 0 Å². The summed E-state index contributed by atoms with van der Waals surface area (Å²) < 4.78 is 18.3. The van der Waals surface area contributed by atoms with Crippen LogP contribution in [-0.2, 0) is 16.0 Å². The number of aliphatic imine (C=N–C) groups is 1. The molecule has 0 saturated heterocycles. The van der Waals surface area contributed by atoms with Gasteiger partial charge in [0.1, 0.15) is 11.5 Å². The Labute approximate surface area is 243 Å². The first-order valence-electron chi connectivity index (χ1n) is 13.1. The monoisotopic (exact) mass is 607 g/mol. The quantitative estimate of drug-likeness (QED) is 0.137. The Morgan fingerprint density at radius 3 is 2.62 bits per heavy atom. The zero-order valence-electron chi connectivity index (χ0n) is 22.4. The lowest BCUT2D eigenvalue weighted by Crippen LogP contribution is -2.52. The van der Waals surface area contributed by atoms with Gasteiger partial charge in [0.05, 0.1) is 13.7 Å². The van der Waals surface area contributed by atoms with E-state index in [4.69, 9.17) is 24.3 Å². The van der Waals surface area contributed by atoms with Crippen LogP contribution in [0.15, 0.2) is 94.9 Å². The van der Waals surface area contributed by atoms with E-state index in [1.165, 1.54) is 0 Å². The molecule has 1 aliphatic rings. The fraction of sp³-hybridized carbons (Fsp3) is 0.290. The Kier molecular flexibility index (Phi) is 10.3. The molecule has 0 fully saturated rings. The number of hydrazine groups is 1. The number of rotatable bonds is 14. The van der Waals surface area contributed by atoms with E-state index >= 15 is 0 Å². The molecule has 8 nitrogen and oxygen atoms in total. The molecule has 1 heterocycles. The maximum Gasteiger partial charge on any atom is 0.266 e. The summed E-state index contributed by atoms with van der Waals surface area (Å²) in [6, 6.07) is 22.8. The van der Waals surface area contributed by atoms with Gasteiger partial charge in [-0.1, -0.05) is 46.3 Å². The second kappa shape index (κ2) is 14.1. The predicted octanol–water partition coefficient (Wildman–Crippen LogP) is 4.92. The largest absolute Gasteiger partial charge is 0.497 e. The molecule has 0 bridgehead atoms. The van der Waals surface area contributed by atoms with Crippen molar-refractivity contribution < 1.29 is 24.1 Å². The van der Waals surface area contributed by atoms with E-state index in [9.17, 15) is 4.79 Å². The van der Waals surface area contributed by atoms with E-state index in [2.05, 4.69) is 33.4 Å². The smallest absolute Gasteiger partial charge is 0.266 e. The maximum atomic E-state index is 13.8. The first-order chi connectivity index (χ1) is 19.5. The van der Waals surface area contributed by atoms with Crippen LogP contribution < -0.4 is 20.3 Å². The molecule has 2 atom stereocenters. The van der Waals surface area contributed by atoms with Crippen molar-refractivity contribution >= 4 is 27.7 Å². The molecular weight excluding hydrogens is 574 g/mol. The standard InChI is InChI=1S/C31H34BrN3O5/c1-3-17-31(30(37)35-33-18-16-22-6-4-7-27(21-22)38-2)28(23-8-12-25(32)13-9-23)40-29(34-31)24-10-14-26(15-11-24)39-20-5-19-36/h3-4,6-15,21,28,33,36H,1,5,16-20H2,2H3,(H,35,37)/t28-,31-/m0/s1. The molecule has 4 rings (SSSR count). The topological polar surface area (TPSA) is 101 Å². The van der Waals surface area contributed by atoms with Crippen molar-refractivity contribution in [3.8, 4) is 11.5 Å². The van der Waals surface area contributed by atoms with E-state index in [0.29, 0.717) is 37.6 Å². The third-order valence-corrected chi connectivity index (χ3v) is 7.06. The minimum atomic E-state index is -1.27. The summed E-state index contributed by atoms with van der Waals surface area (Å²) in [5.41, 5.74) is 7.28. The number of carbonyl (C=O) groups is 1. The van der Waals surface area contributed by atoms with Crippen LogP contribution in [0, 0.1) is 0 Å². The van der Waals surface area contributed by atoms with Crippen LogP contribution in [0.5, 0.6) is 11.5 Å². The zero-order chi connectivity index (χ0) is 28.4. The van der Waals surface area contributed by atoms with Gasteiger partial charge in [0.2, 0.25) is 5.90 Å². The lowest BCUT2D eigenvalue weighted by atomic mass is 9.84. The van der Waals surface area contributed by atoms with Gasteiger partial charge >= 0.3 is 0 Å². The number of nitrogens with zero attached hydrogens (tertiary/aromatic N) is 1. The summed E-state index contributed by atoms with van der Waals surface area (Å²) in [7, 11) is 1.64. The van der Waals surface area contributed by atoms with E-state index in [-0.39, 0.29) is 18.9 Å². The summed E-state index contributed by atoms with van der Waals surface area (Å²) in [4.78, 5) is 18.7. The molecule has 1 amide bonds. The lowest BCUT2D eigenvalue weighted by Gasteiger charge is -2.29. The van der Waals surface area contributed by atoms with Crippen LogP contribution in [-0.4, -0.2) is 49.3 Å². The molecule has 0 saturated carbocycles. The van der Waals surface area contributed by atoms with Gasteiger partial charge in [0, 0.05) is 36.0 Å². The Morgan fingerprint density at radius 2 is 1.93 bits per heavy atom. The van der Waals surface area contributed by atoms with E-state index in [1.807, 2.05) is 72.8 Å². The van der Waals surface area contributed by atoms with Crippen LogP contribution in [0.25, 0.3) is 0 Å². The Hall–Kier alpha value is -3.66. The number of ether oxygens (including phenoxy) is 3. The molecule has 0 unspecified atom stereocenters. The summed E-state index contributed by atoms with van der Waals surface area (Å²) in [5, 5.41) is 8.98. The molecule has 40 heavy (non-hydrogen) atoms. The molecule has 3 N–H and O–H groups in total. The number of halogens is 1. The van der Waals surface area contributed by atoms with Gasteiger partial charge in [0.25, 0.3) is 5.91 Å². The number of carbonyl (C=O) groups excluding carboxylic acids is 1. The number of nitrogens with one attached hydrogen (secondary N) is 2. The summed E-state index contributed by atoms with van der Waals surface area (Å²) >= 11 is 3.48. The first kappa shape index (κ1) is 29.3. The van der Waals surface area contributed by atoms with Crippen molar-refractivity contribution in [2.24, 2.45) is 4.99 Å². The number of methoxy groups -OCH3 is 1. The van der Waals surface area contributed by atoms with Crippen molar-refractivity contribution in [3.63, 3.8) is 0 Å². The number of hydrogen-bond donors (Lipinski definition) is 3. The van der Waals surface area contributed by atoms with Crippen molar-refractivity contribution in [1.82, 2.24) is 10.9 Å². The normalized spacial score (nSPS) is 18.0. The van der Waals surface area contributed by atoms with Crippen LogP contribution >= 0.6 is 15.9 Å². The average molecular weight is 609 g/mol. The van der Waals surface area contributed by atoms with Gasteiger partial charge in [-0.05, 0) is 66.1 Å². The molecule has 1 aliphatic heterocycles. The van der Waals surface area contributed by atoms with Gasteiger partial charge in [-0.2, -0.15) is 0 Å². The van der Waals surface area contributed by atoms with Crippen LogP contribution in [0.1, 0.15) is 35.6 Å². The molecule has 9 heteroatoms. The van der Waals surface area contributed by atoms with E-state index in [1.54, 1.807) is 13.2 Å². The number of hydrogen-bond acceptors (Lipinski definition) is 7. The minimum absolute atomic E-state index is 0.0729. The fourth-order valence-electron chi connectivity index (χ4n) is 4.46. The van der Waals surface area contributed by atoms with Crippen molar-refractivity contribution in [2.45, 2.75) is 30.9 Å². The molecule has 3 aromatic rings. The first-order valence-corrected chi connectivity index (χ1v) is 13.9. The van der Waals surface area contributed by atoms with Gasteiger partial charge in [-0.25, -0.2) is 10.4 Å². The lowest BCUT2D eigenvalue weighted by molar-refractivity contribution is -0.129. The van der Waals surface area contributed by atoms with Crippen molar-refractivity contribution in [3.05, 3.63) is 107 Å². The molecular formula is C31H34BrN3O5. The Balaban J connectivity index is 1.55. The summed E-state index contributed by atoms with van der Waals surface area (Å²) in [6.07, 6.45) is 2.53. The second-order valence-corrected chi connectivity index (χ2v) is 10.2. The third kappa shape index (κ3) is 7.10. The summed E-state index contributed by atoms with van der Waals surface area (Å²) in [5.74, 6) is 1.52. The molecule has 3 aromatic carbocycles. The van der Waals surface area contributed by atoms with Crippen LogP contribution in [0.3, 0.4) is 0 Å². The number of aliphatic hydroxyl groups excluding tert-OH is 1. The molecule has 0 spiro atoms. The van der Waals surface area contributed by atoms with Crippen LogP contribution in [0.2, 0.25) is 0 Å². The average Bonchev–Trinajstić information content (AvgIpc) is 3.37. The fourth-order valence-corrected chi connectivity index (χ4v) is 4.72. The van der Waals surface area contributed by atoms with E-state index < -0.39 is 11.6 Å². The number of benzene rings is 3. The highest BCUT2D eigenvalue weighted by molar-refractivity contribution is 9.10. The maximum absolute atomic E-state index is 13.8. The van der Waals surface area contributed by atoms with Gasteiger partial charge in [-0.3, -0.25) is 10.2 Å². The Bertz CT molecular complexity index is 1310. The molecule has 0 aromatic heterocycles. The van der Waals surface area contributed by atoms with Gasteiger partial charge < -0.3 is 19.3 Å². The van der Waals surface area contributed by atoms with Gasteiger partial charge in [0.15, 0.2) is 11.6 Å². The molecule has 0 aliphatic carbocycles. The molecule has 210 valence electrons. The number of aliphatic hydroxyl groups is 1. The van der Waals surface area contributed by atoms with Crippen LogP contribution in [0.4, 0.5) is 0 Å². The predicted molar refractivity (Wildman–Crippen MR) is 159 cm³/mol. The highest BCUT2D eigenvalue weighted by Gasteiger charge is 2.52. The zero-order valence-corrected chi connectivity index (χ0v) is 24.0. The second-order valence-electron chi connectivity index (χ2n) is 9.32. The van der Waals surface area contributed by atoms with Crippen molar-refractivity contribution in [2.75, 3.05) is 26.9 Å². The highest BCUT2D eigenvalue weighted by Crippen LogP contribution is 2.43. The van der Waals surface area contributed by atoms with Gasteiger partial charge in [-0.15, -0.1) is 6.58 Å². The minimum Gasteiger partial charge on any atom is -0.497 e. The molecule has 0 radical (unpaired) electrons. The van der Waals surface area contributed by atoms with E-state index in [0.717, 1.165) is 26.9 Å². The third-order valence-electron chi connectivity index (χ3n) is 6.53.